The molecule has 0 aromatic carbocycles. The number of ether oxygens (including phenoxy) is 1. The summed E-state index contributed by atoms with van der Waals surface area (Å²) >= 11 is 0. The lowest BCUT2D eigenvalue weighted by Gasteiger charge is -2.28. The minimum Gasteiger partial charge on any atom is -0.370 e. The van der Waals surface area contributed by atoms with Crippen LogP contribution in [0, 0.1) is 12.8 Å². The van der Waals surface area contributed by atoms with E-state index in [0.29, 0.717) is 18.6 Å². The zero-order valence-electron chi connectivity index (χ0n) is 13.0. The molecule has 1 aromatic heterocycles. The Bertz CT molecular complexity index is 422. The van der Waals surface area contributed by atoms with Crippen molar-refractivity contribution in [1.82, 2.24) is 9.97 Å². The molecule has 4 nitrogen and oxygen atoms in total. The number of nitrogens with one attached hydrogen (secondary N) is 1. The smallest absolute Gasteiger partial charge is 0.156 e. The molecule has 1 saturated carbocycles. The Labute approximate surface area is 122 Å². The van der Waals surface area contributed by atoms with E-state index in [1.807, 2.05) is 13.0 Å². The zero-order valence-corrected chi connectivity index (χ0v) is 13.0. The van der Waals surface area contributed by atoms with Crippen LogP contribution in [-0.4, -0.2) is 22.6 Å². The van der Waals surface area contributed by atoms with E-state index < -0.39 is 0 Å². The first-order valence-electron chi connectivity index (χ1n) is 7.89. The Balaban J connectivity index is 1.92. The molecule has 0 radical (unpaired) electrons. The van der Waals surface area contributed by atoms with Crippen LogP contribution in [0.3, 0.4) is 0 Å². The highest BCUT2D eigenvalue weighted by Gasteiger charge is 2.22. The van der Waals surface area contributed by atoms with Crippen molar-refractivity contribution in [3.8, 4) is 0 Å². The van der Waals surface area contributed by atoms with Crippen molar-refractivity contribution in [2.24, 2.45) is 5.92 Å². The van der Waals surface area contributed by atoms with Crippen LogP contribution in [0.2, 0.25) is 0 Å². The van der Waals surface area contributed by atoms with Gasteiger partial charge >= 0.3 is 0 Å². The van der Waals surface area contributed by atoms with Gasteiger partial charge in [0.05, 0.1) is 6.10 Å². The number of aryl methyl sites for hydroxylation is 1. The maximum absolute atomic E-state index is 6.04. The van der Waals surface area contributed by atoms with Crippen LogP contribution in [0.1, 0.15) is 57.5 Å². The van der Waals surface area contributed by atoms with Gasteiger partial charge in [0.15, 0.2) is 5.82 Å². The van der Waals surface area contributed by atoms with Gasteiger partial charge in [-0.3, -0.25) is 0 Å². The lowest BCUT2D eigenvalue weighted by molar-refractivity contribution is -0.0182. The van der Waals surface area contributed by atoms with E-state index in [1.54, 1.807) is 0 Å². The third-order valence-corrected chi connectivity index (χ3v) is 3.92. The maximum Gasteiger partial charge on any atom is 0.156 e. The van der Waals surface area contributed by atoms with Gasteiger partial charge in [-0.05, 0) is 32.1 Å². The van der Waals surface area contributed by atoms with Crippen LogP contribution in [0.5, 0.6) is 0 Å². The summed E-state index contributed by atoms with van der Waals surface area (Å²) in [6, 6.07) is 1.99. The molecule has 112 valence electrons. The Morgan fingerprint density at radius 3 is 2.85 bits per heavy atom. The monoisotopic (exact) mass is 277 g/mol. The first-order chi connectivity index (χ1) is 9.69. The predicted molar refractivity (Wildman–Crippen MR) is 81.8 cm³/mol. The maximum atomic E-state index is 6.04. The molecule has 1 N–H and O–H groups in total. The summed E-state index contributed by atoms with van der Waals surface area (Å²) in [5.74, 6) is 2.36. The van der Waals surface area contributed by atoms with E-state index in [2.05, 4.69) is 29.1 Å². The van der Waals surface area contributed by atoms with E-state index in [4.69, 9.17) is 4.74 Å². The van der Waals surface area contributed by atoms with Crippen molar-refractivity contribution in [2.75, 3.05) is 11.9 Å². The number of hydrogen-bond acceptors (Lipinski definition) is 4. The summed E-state index contributed by atoms with van der Waals surface area (Å²) in [5.41, 5.74) is 0.994. The third-order valence-electron chi connectivity index (χ3n) is 3.92. The van der Waals surface area contributed by atoms with Gasteiger partial charge in [0.2, 0.25) is 0 Å². The zero-order chi connectivity index (χ0) is 14.4. The second kappa shape index (κ2) is 7.58. The topological polar surface area (TPSA) is 47.0 Å². The van der Waals surface area contributed by atoms with Crippen molar-refractivity contribution in [1.29, 1.82) is 0 Å². The third kappa shape index (κ3) is 4.44. The van der Waals surface area contributed by atoms with Crippen molar-refractivity contribution in [3.63, 3.8) is 0 Å². The molecule has 4 heteroatoms. The Morgan fingerprint density at radius 2 is 2.10 bits per heavy atom. The summed E-state index contributed by atoms with van der Waals surface area (Å²) in [6.45, 7) is 7.91. The first kappa shape index (κ1) is 15.2. The minimum atomic E-state index is 0.375. The van der Waals surface area contributed by atoms with Crippen molar-refractivity contribution >= 4 is 5.82 Å². The molecule has 0 amide bonds. The van der Waals surface area contributed by atoms with Gasteiger partial charge in [0.25, 0.3) is 0 Å². The Kier molecular flexibility index (Phi) is 5.77. The summed E-state index contributed by atoms with van der Waals surface area (Å²) in [4.78, 5) is 9.01. The van der Waals surface area contributed by atoms with Gasteiger partial charge in [0.1, 0.15) is 12.4 Å². The number of nitrogens with zero attached hydrogens (tertiary/aromatic N) is 2. The molecule has 1 fully saturated rings. The molecule has 0 saturated heterocycles. The largest absolute Gasteiger partial charge is 0.370 e. The molecule has 0 bridgehead atoms. The molecule has 1 aliphatic rings. The standard InChI is InChI=1S/C16H27N3O/c1-4-9-17-15-10-13(3)18-16(19-15)11-20-14-8-6-5-7-12(14)2/h10,12,14H,4-9,11H2,1-3H3,(H,17,18,19). The molecule has 1 aromatic rings. The summed E-state index contributed by atoms with van der Waals surface area (Å²) in [5, 5.41) is 3.32. The Hall–Kier alpha value is -1.16. The lowest BCUT2D eigenvalue weighted by Crippen LogP contribution is -2.25. The van der Waals surface area contributed by atoms with Crippen LogP contribution in [0.15, 0.2) is 6.07 Å². The fourth-order valence-corrected chi connectivity index (χ4v) is 2.75. The van der Waals surface area contributed by atoms with Gasteiger partial charge < -0.3 is 10.1 Å². The van der Waals surface area contributed by atoms with E-state index >= 15 is 0 Å². The van der Waals surface area contributed by atoms with Crippen molar-refractivity contribution in [2.45, 2.75) is 65.6 Å². The molecule has 0 spiro atoms. The SMILES string of the molecule is CCCNc1cc(C)nc(COC2CCCCC2C)n1. The highest BCUT2D eigenvalue weighted by molar-refractivity contribution is 5.35. The van der Waals surface area contributed by atoms with Gasteiger partial charge in [0, 0.05) is 18.3 Å². The second-order valence-corrected chi connectivity index (χ2v) is 5.85. The quantitative estimate of drug-likeness (QED) is 0.861. The van der Waals surface area contributed by atoms with Gasteiger partial charge in [-0.1, -0.05) is 26.7 Å². The number of rotatable bonds is 6. The normalized spacial score (nSPS) is 22.8. The average Bonchev–Trinajstić information content (AvgIpc) is 2.44. The van der Waals surface area contributed by atoms with E-state index in [1.165, 1.54) is 25.7 Å². The molecule has 1 aliphatic carbocycles. The van der Waals surface area contributed by atoms with Crippen LogP contribution in [0.25, 0.3) is 0 Å². The average molecular weight is 277 g/mol. The molecular formula is C16H27N3O. The molecule has 1 heterocycles. The van der Waals surface area contributed by atoms with E-state index in [0.717, 1.165) is 30.3 Å². The van der Waals surface area contributed by atoms with Gasteiger partial charge in [-0.15, -0.1) is 0 Å². The number of hydrogen-bond donors (Lipinski definition) is 1. The predicted octanol–water partition coefficient (Wildman–Crippen LogP) is 3.70. The molecular weight excluding hydrogens is 250 g/mol. The lowest BCUT2D eigenvalue weighted by atomic mass is 9.88. The minimum absolute atomic E-state index is 0.375. The van der Waals surface area contributed by atoms with E-state index in [9.17, 15) is 0 Å². The molecule has 2 rings (SSSR count). The highest BCUT2D eigenvalue weighted by Crippen LogP contribution is 2.26. The van der Waals surface area contributed by atoms with E-state index in [-0.39, 0.29) is 0 Å². The first-order valence-corrected chi connectivity index (χ1v) is 7.89. The second-order valence-electron chi connectivity index (χ2n) is 5.85. The van der Waals surface area contributed by atoms with Crippen molar-refractivity contribution < 1.29 is 4.74 Å². The van der Waals surface area contributed by atoms with Gasteiger partial charge in [-0.2, -0.15) is 0 Å². The molecule has 0 aliphatic heterocycles. The van der Waals surface area contributed by atoms with Crippen molar-refractivity contribution in [3.05, 3.63) is 17.6 Å². The number of anilines is 1. The number of aromatic nitrogens is 2. The van der Waals surface area contributed by atoms with Crippen LogP contribution >= 0.6 is 0 Å². The Morgan fingerprint density at radius 1 is 1.30 bits per heavy atom. The fraction of sp³-hybridized carbons (Fsp3) is 0.750. The molecule has 20 heavy (non-hydrogen) atoms. The van der Waals surface area contributed by atoms with Crippen LogP contribution < -0.4 is 5.32 Å². The summed E-state index contributed by atoms with van der Waals surface area (Å²) < 4.78 is 6.04. The highest BCUT2D eigenvalue weighted by atomic mass is 16.5. The summed E-state index contributed by atoms with van der Waals surface area (Å²) in [6.07, 6.45) is 6.55. The molecule has 2 atom stereocenters. The summed E-state index contributed by atoms with van der Waals surface area (Å²) in [7, 11) is 0. The van der Waals surface area contributed by atoms with Gasteiger partial charge in [-0.25, -0.2) is 9.97 Å². The fourth-order valence-electron chi connectivity index (χ4n) is 2.75. The molecule has 2 unspecified atom stereocenters. The van der Waals surface area contributed by atoms with Crippen LogP contribution in [0.4, 0.5) is 5.82 Å². The van der Waals surface area contributed by atoms with Crippen LogP contribution in [-0.2, 0) is 11.3 Å².